The molecule has 0 spiro atoms. The fourth-order valence-electron chi connectivity index (χ4n) is 3.09. The summed E-state index contributed by atoms with van der Waals surface area (Å²) in [6.45, 7) is 4.90. The van der Waals surface area contributed by atoms with Crippen LogP contribution < -0.4 is 9.47 Å². The number of hydrogen-bond donors (Lipinski definition) is 0. The molecule has 0 N–H and O–H groups in total. The van der Waals surface area contributed by atoms with Crippen LogP contribution in [0.15, 0.2) is 34.9 Å². The molecule has 0 saturated carbocycles. The second-order valence-electron chi connectivity index (χ2n) is 6.89. The van der Waals surface area contributed by atoms with Crippen LogP contribution in [-0.2, 0) is 14.3 Å². The van der Waals surface area contributed by atoms with Gasteiger partial charge in [-0.15, -0.1) is 0 Å². The average Bonchev–Trinajstić information content (AvgIpc) is 2.75. The van der Waals surface area contributed by atoms with Crippen molar-refractivity contribution in [1.29, 1.82) is 5.26 Å². The van der Waals surface area contributed by atoms with Gasteiger partial charge in [-0.3, -0.25) is 14.5 Å². The summed E-state index contributed by atoms with van der Waals surface area (Å²) in [6, 6.07) is 7.32. The molecule has 0 atom stereocenters. The molecule has 2 amide bonds. The molecule has 30 heavy (non-hydrogen) atoms. The zero-order valence-corrected chi connectivity index (χ0v) is 18.0. The first-order valence-electron chi connectivity index (χ1n) is 9.97. The molecule has 1 aliphatic rings. The second-order valence-corrected chi connectivity index (χ2v) is 6.89. The lowest BCUT2D eigenvalue weighted by atomic mass is 9.93. The highest BCUT2D eigenvalue weighted by atomic mass is 16.5. The first kappa shape index (κ1) is 23.2. The van der Waals surface area contributed by atoms with Crippen molar-refractivity contribution in [3.63, 3.8) is 0 Å². The van der Waals surface area contributed by atoms with Gasteiger partial charge in [0.2, 0.25) is 0 Å². The topological polar surface area (TPSA) is 88.9 Å². The summed E-state index contributed by atoms with van der Waals surface area (Å²) < 4.78 is 16.2. The van der Waals surface area contributed by atoms with Gasteiger partial charge in [-0.1, -0.05) is 19.4 Å². The van der Waals surface area contributed by atoms with Gasteiger partial charge >= 0.3 is 0 Å². The number of ether oxygens (including phenoxy) is 3. The number of rotatable bonds is 10. The Hall–Kier alpha value is -3.11. The van der Waals surface area contributed by atoms with Crippen LogP contribution in [0.4, 0.5) is 0 Å². The first-order valence-corrected chi connectivity index (χ1v) is 9.97. The number of imide groups is 1. The third kappa shape index (κ3) is 5.28. The van der Waals surface area contributed by atoms with E-state index >= 15 is 0 Å². The lowest BCUT2D eigenvalue weighted by Crippen LogP contribution is -2.43. The number of hydrogen-bond acceptors (Lipinski definition) is 6. The molecule has 1 aliphatic heterocycles. The normalized spacial score (nSPS) is 15.6. The zero-order chi connectivity index (χ0) is 22.1. The van der Waals surface area contributed by atoms with Crippen molar-refractivity contribution in [2.45, 2.75) is 33.1 Å². The number of nitriles is 1. The van der Waals surface area contributed by atoms with Gasteiger partial charge in [-0.25, -0.2) is 0 Å². The van der Waals surface area contributed by atoms with E-state index < -0.39 is 11.8 Å². The Kier molecular flexibility index (Phi) is 8.63. The Morgan fingerprint density at radius 1 is 1.10 bits per heavy atom. The number of benzene rings is 1. The Morgan fingerprint density at radius 3 is 2.50 bits per heavy atom. The van der Waals surface area contributed by atoms with Gasteiger partial charge in [0.15, 0.2) is 11.5 Å². The molecule has 1 aromatic rings. The smallest absolute Gasteiger partial charge is 0.271 e. The maximum Gasteiger partial charge on any atom is 0.271 e. The lowest BCUT2D eigenvalue weighted by Gasteiger charge is -2.27. The van der Waals surface area contributed by atoms with Gasteiger partial charge in [-0.05, 0) is 49.1 Å². The molecule has 0 radical (unpaired) electrons. The Balaban J connectivity index is 2.39. The minimum absolute atomic E-state index is 0.0234. The largest absolute Gasteiger partial charge is 0.493 e. The fraction of sp³-hybridized carbons (Fsp3) is 0.435. The number of methoxy groups -OCH3 is 2. The molecule has 0 aromatic heterocycles. The molecule has 7 nitrogen and oxygen atoms in total. The fourth-order valence-corrected chi connectivity index (χ4v) is 3.09. The highest BCUT2D eigenvalue weighted by Gasteiger charge is 2.35. The van der Waals surface area contributed by atoms with Crippen LogP contribution in [0.5, 0.6) is 11.5 Å². The molecular formula is C23H28N2O5. The van der Waals surface area contributed by atoms with Crippen molar-refractivity contribution in [3.05, 3.63) is 40.5 Å². The van der Waals surface area contributed by atoms with Crippen LogP contribution >= 0.6 is 0 Å². The quantitative estimate of drug-likeness (QED) is 0.332. The molecule has 0 bridgehead atoms. The molecule has 0 unspecified atom stereocenters. The van der Waals surface area contributed by atoms with E-state index in [1.165, 1.54) is 0 Å². The monoisotopic (exact) mass is 412 g/mol. The van der Waals surface area contributed by atoms with Crippen LogP contribution in [0.1, 0.15) is 38.7 Å². The van der Waals surface area contributed by atoms with Crippen LogP contribution in [0, 0.1) is 11.3 Å². The van der Waals surface area contributed by atoms with Gasteiger partial charge in [0.25, 0.3) is 11.8 Å². The van der Waals surface area contributed by atoms with E-state index in [0.717, 1.165) is 17.7 Å². The summed E-state index contributed by atoms with van der Waals surface area (Å²) in [7, 11) is 3.11. The Morgan fingerprint density at radius 2 is 1.87 bits per heavy atom. The Bertz CT molecular complexity index is 895. The minimum Gasteiger partial charge on any atom is -0.493 e. The van der Waals surface area contributed by atoms with Crippen molar-refractivity contribution in [3.8, 4) is 17.6 Å². The second kappa shape index (κ2) is 11.2. The van der Waals surface area contributed by atoms with Crippen LogP contribution in [0.25, 0.3) is 6.08 Å². The van der Waals surface area contributed by atoms with Crippen molar-refractivity contribution < 1.29 is 23.8 Å². The average molecular weight is 412 g/mol. The van der Waals surface area contributed by atoms with Crippen LogP contribution in [0.2, 0.25) is 0 Å². The molecule has 1 aromatic carbocycles. The summed E-state index contributed by atoms with van der Waals surface area (Å²) in [5.41, 5.74) is 1.37. The van der Waals surface area contributed by atoms with Gasteiger partial charge < -0.3 is 14.2 Å². The van der Waals surface area contributed by atoms with Crippen molar-refractivity contribution in [1.82, 2.24) is 4.90 Å². The molecule has 0 fully saturated rings. The summed E-state index contributed by atoms with van der Waals surface area (Å²) in [4.78, 5) is 26.7. The molecular weight excluding hydrogens is 384 g/mol. The van der Waals surface area contributed by atoms with Crippen molar-refractivity contribution >= 4 is 17.9 Å². The van der Waals surface area contributed by atoms with E-state index in [1.807, 2.05) is 12.1 Å². The Labute approximate surface area is 177 Å². The number of carbonyl (C=O) groups excluding carboxylic acids is 2. The predicted octanol–water partition coefficient (Wildman–Crippen LogP) is 3.50. The zero-order valence-electron chi connectivity index (χ0n) is 18.0. The van der Waals surface area contributed by atoms with Crippen molar-refractivity contribution in [2.75, 3.05) is 34.0 Å². The standard InChI is InChI=1S/C23H28N2O5/c1-5-6-12-30-20-9-8-17(14-21(20)29-4)13-18-16(2)19(15-24)23(27)25(22(18)26)10-7-11-28-3/h8-9,13-14H,5-7,10-12H2,1-4H3/b18-13+. The third-order valence-electron chi connectivity index (χ3n) is 4.81. The van der Waals surface area contributed by atoms with Gasteiger partial charge in [0.05, 0.1) is 13.7 Å². The van der Waals surface area contributed by atoms with Gasteiger partial charge in [-0.2, -0.15) is 5.26 Å². The van der Waals surface area contributed by atoms with Crippen LogP contribution in [0.3, 0.4) is 0 Å². The number of unbranched alkanes of at least 4 members (excludes halogenated alkanes) is 1. The first-order chi connectivity index (χ1) is 14.5. The van der Waals surface area contributed by atoms with E-state index in [2.05, 4.69) is 6.92 Å². The van der Waals surface area contributed by atoms with E-state index in [-0.39, 0.29) is 12.1 Å². The summed E-state index contributed by atoms with van der Waals surface area (Å²) in [5.74, 6) is 0.198. The van der Waals surface area contributed by atoms with E-state index in [9.17, 15) is 14.9 Å². The van der Waals surface area contributed by atoms with Gasteiger partial charge in [0, 0.05) is 25.8 Å². The predicted molar refractivity (Wildman–Crippen MR) is 113 cm³/mol. The SMILES string of the molecule is CCCCOc1ccc(/C=C2/C(=O)N(CCCOC)C(=O)C(C#N)=C2C)cc1OC. The maximum absolute atomic E-state index is 13.0. The van der Waals surface area contributed by atoms with E-state index in [4.69, 9.17) is 14.2 Å². The molecule has 0 saturated heterocycles. The highest BCUT2D eigenvalue weighted by Crippen LogP contribution is 2.31. The molecule has 160 valence electrons. The maximum atomic E-state index is 13.0. The lowest BCUT2D eigenvalue weighted by molar-refractivity contribution is -0.140. The number of nitrogens with zero attached hydrogens (tertiary/aromatic N) is 2. The molecule has 7 heteroatoms. The van der Waals surface area contributed by atoms with E-state index in [0.29, 0.717) is 47.8 Å². The minimum atomic E-state index is -0.564. The summed E-state index contributed by atoms with van der Waals surface area (Å²) >= 11 is 0. The third-order valence-corrected chi connectivity index (χ3v) is 4.81. The summed E-state index contributed by atoms with van der Waals surface area (Å²) in [5, 5.41) is 9.46. The molecule has 1 heterocycles. The van der Waals surface area contributed by atoms with Crippen LogP contribution in [-0.4, -0.2) is 50.7 Å². The molecule has 0 aliphatic carbocycles. The number of carbonyl (C=O) groups is 2. The van der Waals surface area contributed by atoms with Gasteiger partial charge in [0.1, 0.15) is 11.6 Å². The van der Waals surface area contributed by atoms with E-state index in [1.54, 1.807) is 39.4 Å². The summed E-state index contributed by atoms with van der Waals surface area (Å²) in [6.07, 6.45) is 4.14. The highest BCUT2D eigenvalue weighted by molar-refractivity contribution is 6.19. The molecule has 2 rings (SSSR count). The van der Waals surface area contributed by atoms with Crippen molar-refractivity contribution in [2.24, 2.45) is 0 Å². The number of amides is 2.